The molecule has 0 fully saturated rings. The van der Waals surface area contributed by atoms with E-state index < -0.39 is 10.0 Å². The van der Waals surface area contributed by atoms with Crippen LogP contribution in [0.5, 0.6) is 0 Å². The molecule has 14 heavy (non-hydrogen) atoms. The average Bonchev–Trinajstić information content (AvgIpc) is 2.51. The molecule has 1 aliphatic heterocycles. The van der Waals surface area contributed by atoms with Crippen LogP contribution in [0.15, 0.2) is 16.8 Å². The van der Waals surface area contributed by atoms with Gasteiger partial charge < -0.3 is 9.80 Å². The fourth-order valence-corrected chi connectivity index (χ4v) is 0.794. The molecule has 6 heteroatoms. The van der Waals surface area contributed by atoms with Crippen LogP contribution in [-0.2, 0) is 10.0 Å². The molecule has 0 aliphatic carbocycles. The summed E-state index contributed by atoms with van der Waals surface area (Å²) in [5, 5.41) is 0. The Bertz CT molecular complexity index is 286. The van der Waals surface area contributed by atoms with Crippen molar-refractivity contribution < 1.29 is 8.42 Å². The van der Waals surface area contributed by atoms with Gasteiger partial charge in [0.2, 0.25) is 10.0 Å². The van der Waals surface area contributed by atoms with Crippen molar-refractivity contribution in [1.82, 2.24) is 9.80 Å². The molecule has 1 aliphatic rings. The van der Waals surface area contributed by atoms with E-state index in [-0.39, 0.29) is 0 Å². The first-order valence-electron chi connectivity index (χ1n) is 4.19. The summed E-state index contributed by atoms with van der Waals surface area (Å²) in [6.45, 7) is 7.11. The molecule has 0 aromatic rings. The van der Waals surface area contributed by atoms with Crippen LogP contribution in [-0.4, -0.2) is 51.5 Å². The predicted molar refractivity (Wildman–Crippen MR) is 58.5 cm³/mol. The second-order valence-corrected chi connectivity index (χ2v) is 4.69. The molecule has 1 rings (SSSR count). The highest BCUT2D eigenvalue weighted by Gasteiger charge is 2.03. The van der Waals surface area contributed by atoms with Crippen LogP contribution < -0.4 is 0 Å². The lowest BCUT2D eigenvalue weighted by Crippen LogP contribution is -2.21. The van der Waals surface area contributed by atoms with Crippen LogP contribution in [0.3, 0.4) is 0 Å². The Hall–Kier alpha value is -1.04. The first-order valence-corrected chi connectivity index (χ1v) is 6.04. The number of rotatable bonds is 2. The summed E-state index contributed by atoms with van der Waals surface area (Å²) in [6.07, 6.45) is 5.18. The van der Waals surface area contributed by atoms with E-state index in [1.165, 1.54) is 0 Å². The van der Waals surface area contributed by atoms with Gasteiger partial charge in [-0.05, 0) is 6.92 Å². The maximum Gasteiger partial charge on any atom is 0.249 e. The van der Waals surface area contributed by atoms with E-state index in [0.29, 0.717) is 0 Å². The van der Waals surface area contributed by atoms with Crippen molar-refractivity contribution in [2.45, 2.75) is 6.92 Å². The second-order valence-electron chi connectivity index (χ2n) is 2.96. The summed E-state index contributed by atoms with van der Waals surface area (Å²) >= 11 is 0. The molecule has 0 spiro atoms. The molecule has 0 unspecified atom stereocenters. The van der Waals surface area contributed by atoms with Gasteiger partial charge in [0.15, 0.2) is 0 Å². The normalized spacial score (nSPS) is 15.1. The SMILES string of the molecule is C=NS(C)(=O)=O.CCN1C=CN(C)C1. The highest BCUT2D eigenvalue weighted by molar-refractivity contribution is 7.89. The second kappa shape index (κ2) is 5.64. The van der Waals surface area contributed by atoms with Gasteiger partial charge >= 0.3 is 0 Å². The average molecular weight is 219 g/mol. The Labute approximate surface area is 85.8 Å². The maximum absolute atomic E-state index is 9.77. The Morgan fingerprint density at radius 1 is 1.50 bits per heavy atom. The molecule has 0 N–H and O–H groups in total. The molecule has 0 aromatic heterocycles. The molecule has 0 bridgehead atoms. The van der Waals surface area contributed by atoms with Gasteiger partial charge in [-0.2, -0.15) is 4.40 Å². The maximum atomic E-state index is 9.77. The van der Waals surface area contributed by atoms with E-state index in [4.69, 9.17) is 0 Å². The van der Waals surface area contributed by atoms with Crippen molar-refractivity contribution in [2.24, 2.45) is 4.40 Å². The van der Waals surface area contributed by atoms with Crippen LogP contribution in [0.4, 0.5) is 0 Å². The van der Waals surface area contributed by atoms with E-state index in [2.05, 4.69) is 47.3 Å². The smallest absolute Gasteiger partial charge is 0.249 e. The zero-order valence-corrected chi connectivity index (χ0v) is 9.66. The fraction of sp³-hybridized carbons (Fsp3) is 0.625. The van der Waals surface area contributed by atoms with Crippen molar-refractivity contribution in [3.05, 3.63) is 12.4 Å². The fourth-order valence-electron chi connectivity index (χ4n) is 0.794. The molecular weight excluding hydrogens is 202 g/mol. The molecular formula is C8H17N3O2S. The van der Waals surface area contributed by atoms with E-state index >= 15 is 0 Å². The summed E-state index contributed by atoms with van der Waals surface area (Å²) in [5.74, 6) is 0. The topological polar surface area (TPSA) is 53.0 Å². The molecule has 0 radical (unpaired) electrons. The van der Waals surface area contributed by atoms with Crippen molar-refractivity contribution in [3.63, 3.8) is 0 Å². The number of nitrogens with zero attached hydrogens (tertiary/aromatic N) is 3. The van der Waals surface area contributed by atoms with Gasteiger partial charge in [-0.15, -0.1) is 0 Å². The molecule has 0 saturated heterocycles. The minimum atomic E-state index is -3.15. The number of hydrogen-bond acceptors (Lipinski definition) is 4. The first-order chi connectivity index (χ1) is 6.39. The quantitative estimate of drug-likeness (QED) is 0.628. The Balaban J connectivity index is 0.000000255. The zero-order chi connectivity index (χ0) is 11.2. The largest absolute Gasteiger partial charge is 0.362 e. The molecule has 0 atom stereocenters. The molecule has 0 aromatic carbocycles. The third kappa shape index (κ3) is 6.47. The summed E-state index contributed by atoms with van der Waals surface area (Å²) in [6, 6.07) is 0. The van der Waals surface area contributed by atoms with Crippen LogP contribution >= 0.6 is 0 Å². The molecule has 0 saturated carbocycles. The lowest BCUT2D eigenvalue weighted by molar-refractivity contribution is 0.308. The van der Waals surface area contributed by atoms with E-state index in [0.717, 1.165) is 19.5 Å². The van der Waals surface area contributed by atoms with Gasteiger partial charge in [0.1, 0.15) is 0 Å². The first kappa shape index (κ1) is 13.0. The minimum absolute atomic E-state index is 0.986. The number of hydrogen-bond donors (Lipinski definition) is 0. The monoisotopic (exact) mass is 219 g/mol. The molecule has 1 heterocycles. The highest BCUT2D eigenvalue weighted by Crippen LogP contribution is 2.00. The zero-order valence-electron chi connectivity index (χ0n) is 8.84. The minimum Gasteiger partial charge on any atom is -0.362 e. The van der Waals surface area contributed by atoms with Crippen LogP contribution in [0.25, 0.3) is 0 Å². The molecule has 5 nitrogen and oxygen atoms in total. The predicted octanol–water partition coefficient (Wildman–Crippen LogP) is 0.329. The summed E-state index contributed by atoms with van der Waals surface area (Å²) < 4.78 is 22.3. The standard InChI is InChI=1S/C6H12N2.C2H5NO2S/c1-3-8-5-4-7(2)6-8;1-3-6(2,4)5/h4-5H,3,6H2,1-2H3;1H2,2H3. The summed E-state index contributed by atoms with van der Waals surface area (Å²) in [4.78, 5) is 4.41. The van der Waals surface area contributed by atoms with Gasteiger partial charge in [-0.3, -0.25) is 0 Å². The summed E-state index contributed by atoms with van der Waals surface area (Å²) in [7, 11) is -1.07. The number of sulfonamides is 1. The van der Waals surface area contributed by atoms with Crippen LogP contribution in [0.1, 0.15) is 6.92 Å². The Morgan fingerprint density at radius 3 is 2.14 bits per heavy atom. The van der Waals surface area contributed by atoms with Crippen LogP contribution in [0, 0.1) is 0 Å². The Kier molecular flexibility index (Phi) is 5.22. The van der Waals surface area contributed by atoms with Gasteiger partial charge in [0, 0.05) is 32.7 Å². The van der Waals surface area contributed by atoms with E-state index in [9.17, 15) is 8.42 Å². The van der Waals surface area contributed by atoms with Crippen molar-refractivity contribution in [2.75, 3.05) is 26.5 Å². The van der Waals surface area contributed by atoms with Crippen molar-refractivity contribution in [1.29, 1.82) is 0 Å². The lowest BCUT2D eigenvalue weighted by Gasteiger charge is -2.14. The van der Waals surface area contributed by atoms with Crippen molar-refractivity contribution >= 4 is 16.7 Å². The van der Waals surface area contributed by atoms with Gasteiger partial charge in [0.25, 0.3) is 0 Å². The Morgan fingerprint density at radius 2 is 2.00 bits per heavy atom. The van der Waals surface area contributed by atoms with Gasteiger partial charge in [-0.1, -0.05) is 0 Å². The lowest BCUT2D eigenvalue weighted by atomic mass is 10.6. The molecule has 82 valence electrons. The van der Waals surface area contributed by atoms with Gasteiger partial charge in [0.05, 0.1) is 12.9 Å². The third-order valence-corrected chi connectivity index (χ3v) is 2.05. The molecule has 0 amide bonds. The summed E-state index contributed by atoms with van der Waals surface area (Å²) in [5.41, 5.74) is 0. The van der Waals surface area contributed by atoms with Crippen LogP contribution in [0.2, 0.25) is 0 Å². The highest BCUT2D eigenvalue weighted by atomic mass is 32.2. The van der Waals surface area contributed by atoms with Gasteiger partial charge in [-0.25, -0.2) is 8.42 Å². The van der Waals surface area contributed by atoms with Crippen molar-refractivity contribution in [3.8, 4) is 0 Å². The third-order valence-electron chi connectivity index (χ3n) is 1.58. The van der Waals surface area contributed by atoms with E-state index in [1.807, 2.05) is 0 Å². The van der Waals surface area contributed by atoms with E-state index in [1.54, 1.807) is 0 Å².